The van der Waals surface area contributed by atoms with Gasteiger partial charge in [-0.05, 0) is 11.1 Å². The lowest BCUT2D eigenvalue weighted by Gasteiger charge is -2.48. The summed E-state index contributed by atoms with van der Waals surface area (Å²) in [5.74, 6) is 0. The summed E-state index contributed by atoms with van der Waals surface area (Å²) in [5.41, 5.74) is 1.48. The fraction of sp³-hybridized carbons (Fsp3) is 0.571. The molecule has 2 N–H and O–H groups in total. The molecule has 0 spiro atoms. The third-order valence-corrected chi connectivity index (χ3v) is 4.09. The fourth-order valence-electron chi connectivity index (χ4n) is 2.71. The Hall–Kier alpha value is -0.860. The molecule has 2 rings (SSSR count). The Labute approximate surface area is 96.9 Å². The van der Waals surface area contributed by atoms with Crippen LogP contribution in [0.25, 0.3) is 0 Å². The molecule has 88 valence electrons. The lowest BCUT2D eigenvalue weighted by atomic mass is 9.60. The zero-order valence-corrected chi connectivity index (χ0v) is 10.4. The largest absolute Gasteiger partial charge is 0.389 e. The van der Waals surface area contributed by atoms with E-state index in [1.165, 1.54) is 0 Å². The first-order valence-corrected chi connectivity index (χ1v) is 5.75. The van der Waals surface area contributed by atoms with E-state index in [4.69, 9.17) is 0 Å². The molecule has 0 fully saturated rings. The van der Waals surface area contributed by atoms with Crippen molar-refractivity contribution < 1.29 is 10.2 Å². The van der Waals surface area contributed by atoms with E-state index in [2.05, 4.69) is 0 Å². The topological polar surface area (TPSA) is 40.5 Å². The van der Waals surface area contributed by atoms with Crippen molar-refractivity contribution in [3.05, 3.63) is 35.4 Å². The minimum Gasteiger partial charge on any atom is -0.389 e. The first-order chi connectivity index (χ1) is 7.29. The molecule has 0 aromatic heterocycles. The van der Waals surface area contributed by atoms with Crippen molar-refractivity contribution in [2.75, 3.05) is 0 Å². The third-order valence-electron chi connectivity index (χ3n) is 4.09. The van der Waals surface area contributed by atoms with Gasteiger partial charge in [0.1, 0.15) is 0 Å². The molecule has 2 atom stereocenters. The highest BCUT2D eigenvalue weighted by molar-refractivity contribution is 5.44. The first-order valence-electron chi connectivity index (χ1n) is 5.75. The minimum atomic E-state index is -0.725. The molecule has 0 saturated carbocycles. The van der Waals surface area contributed by atoms with Crippen molar-refractivity contribution >= 4 is 0 Å². The highest BCUT2D eigenvalue weighted by Crippen LogP contribution is 2.45. The number of aliphatic hydroxyl groups is 2. The average molecular weight is 220 g/mol. The summed E-state index contributed by atoms with van der Waals surface area (Å²) in [6, 6.07) is 8.07. The van der Waals surface area contributed by atoms with Crippen LogP contribution in [-0.4, -0.2) is 22.4 Å². The van der Waals surface area contributed by atoms with Crippen LogP contribution in [0.1, 0.15) is 38.8 Å². The van der Waals surface area contributed by atoms with Crippen molar-refractivity contribution in [3.63, 3.8) is 0 Å². The average Bonchev–Trinajstić information content (AvgIpc) is 2.25. The van der Waals surface area contributed by atoms with Gasteiger partial charge in [-0.25, -0.2) is 0 Å². The van der Waals surface area contributed by atoms with Gasteiger partial charge in [-0.3, -0.25) is 0 Å². The molecular weight excluding hydrogens is 200 g/mol. The van der Waals surface area contributed by atoms with Crippen molar-refractivity contribution in [2.24, 2.45) is 0 Å². The van der Waals surface area contributed by atoms with Gasteiger partial charge in [-0.15, -0.1) is 0 Å². The van der Waals surface area contributed by atoms with Crippen LogP contribution in [0.15, 0.2) is 24.3 Å². The minimum absolute atomic E-state index is 0.397. The quantitative estimate of drug-likeness (QED) is 0.702. The van der Waals surface area contributed by atoms with E-state index in [-0.39, 0.29) is 0 Å². The van der Waals surface area contributed by atoms with Crippen LogP contribution in [0, 0.1) is 0 Å². The Balaban J connectivity index is 2.70. The van der Waals surface area contributed by atoms with Gasteiger partial charge in [0.15, 0.2) is 0 Å². The van der Waals surface area contributed by atoms with Gasteiger partial charge in [0, 0.05) is 10.8 Å². The Morgan fingerprint density at radius 3 is 1.44 bits per heavy atom. The van der Waals surface area contributed by atoms with Crippen molar-refractivity contribution in [3.8, 4) is 0 Å². The molecule has 1 aliphatic rings. The molecule has 0 bridgehead atoms. The molecule has 0 radical (unpaired) electrons. The molecule has 2 nitrogen and oxygen atoms in total. The summed E-state index contributed by atoms with van der Waals surface area (Å²) < 4.78 is 0. The van der Waals surface area contributed by atoms with E-state index in [0.29, 0.717) is 0 Å². The van der Waals surface area contributed by atoms with Crippen LogP contribution in [0.4, 0.5) is 0 Å². The van der Waals surface area contributed by atoms with E-state index in [0.717, 1.165) is 11.1 Å². The number of aliphatic hydroxyl groups excluding tert-OH is 2. The zero-order valence-electron chi connectivity index (χ0n) is 10.4. The summed E-state index contributed by atoms with van der Waals surface area (Å²) >= 11 is 0. The molecule has 1 aromatic carbocycles. The highest BCUT2D eigenvalue weighted by Gasteiger charge is 2.49. The maximum atomic E-state index is 10.2. The zero-order chi connectivity index (χ0) is 12.1. The monoisotopic (exact) mass is 220 g/mol. The van der Waals surface area contributed by atoms with Gasteiger partial charge in [-0.2, -0.15) is 0 Å². The molecule has 0 amide bonds. The van der Waals surface area contributed by atoms with Gasteiger partial charge in [0.25, 0.3) is 0 Å². The Bertz CT molecular complexity index is 368. The normalized spacial score (nSPS) is 30.9. The Morgan fingerprint density at radius 2 is 1.12 bits per heavy atom. The molecule has 1 aliphatic carbocycles. The number of rotatable bonds is 0. The second-order valence-corrected chi connectivity index (χ2v) is 5.88. The van der Waals surface area contributed by atoms with E-state index in [1.54, 1.807) is 0 Å². The number of benzene rings is 1. The maximum Gasteiger partial charge on any atom is 0.0898 e. The summed E-state index contributed by atoms with van der Waals surface area (Å²) in [5, 5.41) is 20.5. The lowest BCUT2D eigenvalue weighted by molar-refractivity contribution is -0.0673. The predicted octanol–water partition coefficient (Wildman–Crippen LogP) is 1.98. The third kappa shape index (κ3) is 1.33. The van der Waals surface area contributed by atoms with E-state index < -0.39 is 23.0 Å². The molecule has 0 saturated heterocycles. The Kier molecular flexibility index (Phi) is 2.41. The summed E-state index contributed by atoms with van der Waals surface area (Å²) in [7, 11) is 0. The number of hydrogen-bond donors (Lipinski definition) is 2. The van der Waals surface area contributed by atoms with E-state index in [1.807, 2.05) is 52.0 Å². The van der Waals surface area contributed by atoms with Crippen LogP contribution in [0.5, 0.6) is 0 Å². The second kappa shape index (κ2) is 3.31. The highest BCUT2D eigenvalue weighted by atomic mass is 16.3. The van der Waals surface area contributed by atoms with E-state index >= 15 is 0 Å². The molecule has 16 heavy (non-hydrogen) atoms. The van der Waals surface area contributed by atoms with Gasteiger partial charge in [-0.1, -0.05) is 52.0 Å². The lowest BCUT2D eigenvalue weighted by Crippen LogP contribution is -2.56. The SMILES string of the molecule is CC1(C)c2ccccc2C(C)(C)[C@@H](O)C1O. The number of hydrogen-bond acceptors (Lipinski definition) is 2. The van der Waals surface area contributed by atoms with Crippen LogP contribution in [0.2, 0.25) is 0 Å². The van der Waals surface area contributed by atoms with Crippen LogP contribution in [0.3, 0.4) is 0 Å². The molecule has 2 heteroatoms. The smallest absolute Gasteiger partial charge is 0.0898 e. The van der Waals surface area contributed by atoms with Crippen LogP contribution < -0.4 is 0 Å². The van der Waals surface area contributed by atoms with Crippen LogP contribution >= 0.6 is 0 Å². The second-order valence-electron chi connectivity index (χ2n) is 5.88. The first kappa shape index (κ1) is 11.6. The molecular formula is C14H20O2. The van der Waals surface area contributed by atoms with Crippen molar-refractivity contribution in [1.29, 1.82) is 0 Å². The molecule has 1 aromatic rings. The summed E-state index contributed by atoms with van der Waals surface area (Å²) in [6.45, 7) is 7.92. The van der Waals surface area contributed by atoms with Gasteiger partial charge in [0.05, 0.1) is 12.2 Å². The molecule has 0 aliphatic heterocycles. The van der Waals surface area contributed by atoms with Gasteiger partial charge in [0.2, 0.25) is 0 Å². The van der Waals surface area contributed by atoms with Crippen LogP contribution in [-0.2, 0) is 10.8 Å². The summed E-state index contributed by atoms with van der Waals surface area (Å²) in [6.07, 6.45) is -1.45. The predicted molar refractivity (Wildman–Crippen MR) is 64.5 cm³/mol. The maximum absolute atomic E-state index is 10.2. The van der Waals surface area contributed by atoms with Gasteiger partial charge < -0.3 is 10.2 Å². The van der Waals surface area contributed by atoms with E-state index in [9.17, 15) is 10.2 Å². The summed E-state index contributed by atoms with van der Waals surface area (Å²) in [4.78, 5) is 0. The Morgan fingerprint density at radius 1 is 0.812 bits per heavy atom. The van der Waals surface area contributed by atoms with Gasteiger partial charge >= 0.3 is 0 Å². The molecule has 0 heterocycles. The fourth-order valence-corrected chi connectivity index (χ4v) is 2.71. The van der Waals surface area contributed by atoms with Crippen molar-refractivity contribution in [2.45, 2.75) is 50.7 Å². The molecule has 1 unspecified atom stereocenters. The standard InChI is InChI=1S/C14H20O2/c1-13(2)9-7-5-6-8-10(9)14(3,4)12(16)11(13)15/h5-8,11-12,15-16H,1-4H3/t11-,12?/m0/s1. The number of fused-ring (bicyclic) bond motifs is 1. The van der Waals surface area contributed by atoms with Crippen molar-refractivity contribution in [1.82, 2.24) is 0 Å².